The fourth-order valence-electron chi connectivity index (χ4n) is 5.64. The van der Waals surface area contributed by atoms with E-state index in [1.54, 1.807) is 20.3 Å². The molecule has 0 aliphatic carbocycles. The van der Waals surface area contributed by atoms with Gasteiger partial charge in [0.25, 0.3) is 0 Å². The fourth-order valence-corrected chi connectivity index (χ4v) is 5.64. The van der Waals surface area contributed by atoms with E-state index in [0.717, 1.165) is 53.3 Å². The van der Waals surface area contributed by atoms with E-state index < -0.39 is 29.1 Å². The number of unbranched alkanes of at least 4 members (excludes halogenated alkanes) is 3. The highest BCUT2D eigenvalue weighted by atomic mass is 16.5. The van der Waals surface area contributed by atoms with Gasteiger partial charge in [-0.05, 0) is 59.2 Å². The van der Waals surface area contributed by atoms with Crippen molar-refractivity contribution >= 4 is 34.6 Å². The molecule has 1 fully saturated rings. The molecule has 0 spiro atoms. The number of rotatable bonds is 13. The SMILES string of the molecule is C=CCCCCCC(=O)N[C@H](C(=O)N1C[C@](OC)(c2ccc3cc(OC)c(C=C)cc3c2)C[C@H]1C(=O)OC)C(C)(C)C. The molecule has 2 aromatic carbocycles. The maximum absolute atomic E-state index is 14.2. The zero-order valence-electron chi connectivity index (χ0n) is 26.0. The van der Waals surface area contributed by atoms with Crippen molar-refractivity contribution in [1.29, 1.82) is 0 Å². The number of fused-ring (bicyclic) bond motifs is 1. The van der Waals surface area contributed by atoms with E-state index in [0.29, 0.717) is 6.42 Å². The Bertz CT molecular complexity index is 1310. The molecular formula is C34H46N2O6. The van der Waals surface area contributed by atoms with Crippen LogP contribution in [-0.2, 0) is 29.5 Å². The van der Waals surface area contributed by atoms with Crippen molar-refractivity contribution in [1.82, 2.24) is 10.2 Å². The van der Waals surface area contributed by atoms with Crippen LogP contribution in [0.1, 0.15) is 70.4 Å². The van der Waals surface area contributed by atoms with Crippen LogP contribution in [0.4, 0.5) is 0 Å². The minimum absolute atomic E-state index is 0.127. The van der Waals surface area contributed by atoms with Crippen molar-refractivity contribution in [3.8, 4) is 5.75 Å². The number of nitrogens with zero attached hydrogens (tertiary/aromatic N) is 1. The molecule has 3 rings (SSSR count). The first-order valence-corrected chi connectivity index (χ1v) is 14.5. The average molecular weight is 579 g/mol. The second-order valence-corrected chi connectivity index (χ2v) is 12.0. The van der Waals surface area contributed by atoms with Crippen LogP contribution in [0.5, 0.6) is 5.75 Å². The molecule has 8 nitrogen and oxygen atoms in total. The molecule has 228 valence electrons. The standard InChI is InChI=1S/C34H46N2O6/c1-9-11-12-13-14-15-29(37)35-30(33(3,4)5)31(38)36-22-34(42-8,21-27(36)32(39)41-7)26-17-16-24-20-28(40-6)23(10-2)18-25(24)19-26/h9-10,16-20,27,30H,1-2,11-15,21-22H2,3-8H3,(H,35,37)/t27-,30+,34-/m0/s1. The average Bonchev–Trinajstić information content (AvgIpc) is 3.38. The number of ether oxygens (including phenoxy) is 3. The van der Waals surface area contributed by atoms with E-state index in [-0.39, 0.29) is 24.8 Å². The molecule has 1 aliphatic heterocycles. The lowest BCUT2D eigenvalue weighted by Crippen LogP contribution is -2.57. The summed E-state index contributed by atoms with van der Waals surface area (Å²) in [6.07, 6.45) is 7.68. The summed E-state index contributed by atoms with van der Waals surface area (Å²) in [5.74, 6) is -0.321. The highest BCUT2D eigenvalue weighted by Gasteiger charge is 2.53. The normalized spacial score (nSPS) is 19.3. The van der Waals surface area contributed by atoms with Gasteiger partial charge in [0.1, 0.15) is 23.4 Å². The number of hydrogen-bond acceptors (Lipinski definition) is 6. The van der Waals surface area contributed by atoms with Gasteiger partial charge in [0.15, 0.2) is 0 Å². The molecule has 3 atom stereocenters. The van der Waals surface area contributed by atoms with E-state index in [1.807, 2.05) is 57.2 Å². The van der Waals surface area contributed by atoms with Crippen LogP contribution in [0.3, 0.4) is 0 Å². The molecule has 8 heteroatoms. The number of benzene rings is 2. The summed E-state index contributed by atoms with van der Waals surface area (Å²) in [6, 6.07) is 8.18. The van der Waals surface area contributed by atoms with Crippen molar-refractivity contribution in [3.05, 3.63) is 60.7 Å². The molecule has 0 saturated carbocycles. The Morgan fingerprint density at radius 1 is 1.07 bits per heavy atom. The van der Waals surface area contributed by atoms with Gasteiger partial charge in [-0.3, -0.25) is 9.59 Å². The monoisotopic (exact) mass is 578 g/mol. The predicted octanol–water partition coefficient (Wildman–Crippen LogP) is 5.77. The van der Waals surface area contributed by atoms with Gasteiger partial charge in [-0.15, -0.1) is 6.58 Å². The minimum atomic E-state index is -0.964. The molecule has 1 saturated heterocycles. The molecule has 0 bridgehead atoms. The van der Waals surface area contributed by atoms with E-state index in [9.17, 15) is 14.4 Å². The number of carbonyl (C=O) groups is 3. The molecule has 0 unspecified atom stereocenters. The van der Waals surface area contributed by atoms with Crippen molar-refractivity contribution in [2.24, 2.45) is 5.41 Å². The third-order valence-corrected chi connectivity index (χ3v) is 8.14. The number of esters is 1. The van der Waals surface area contributed by atoms with E-state index in [2.05, 4.69) is 18.5 Å². The highest BCUT2D eigenvalue weighted by Crippen LogP contribution is 2.42. The zero-order chi connectivity index (χ0) is 31.1. The van der Waals surface area contributed by atoms with Crippen molar-refractivity contribution in [2.45, 2.75) is 77.0 Å². The lowest BCUT2D eigenvalue weighted by molar-refractivity contribution is -0.153. The molecule has 0 radical (unpaired) electrons. The summed E-state index contributed by atoms with van der Waals surface area (Å²) >= 11 is 0. The first-order valence-electron chi connectivity index (χ1n) is 14.5. The molecule has 0 aromatic heterocycles. The van der Waals surface area contributed by atoms with Crippen molar-refractivity contribution in [3.63, 3.8) is 0 Å². The molecular weight excluding hydrogens is 532 g/mol. The topological polar surface area (TPSA) is 94.2 Å². The van der Waals surface area contributed by atoms with Gasteiger partial charge in [-0.2, -0.15) is 0 Å². The second kappa shape index (κ2) is 14.0. The summed E-state index contributed by atoms with van der Waals surface area (Å²) in [6.45, 7) is 13.5. The van der Waals surface area contributed by atoms with Gasteiger partial charge in [0.05, 0.1) is 20.8 Å². The van der Waals surface area contributed by atoms with Crippen molar-refractivity contribution in [2.75, 3.05) is 27.9 Å². The molecule has 42 heavy (non-hydrogen) atoms. The third kappa shape index (κ3) is 7.21. The summed E-state index contributed by atoms with van der Waals surface area (Å²) in [5.41, 5.74) is 0.123. The number of nitrogens with one attached hydrogen (secondary N) is 1. The Hall–Kier alpha value is -3.65. The Morgan fingerprint density at radius 2 is 1.81 bits per heavy atom. The highest BCUT2D eigenvalue weighted by molar-refractivity contribution is 5.92. The van der Waals surface area contributed by atoms with Gasteiger partial charge < -0.3 is 24.4 Å². The number of allylic oxidation sites excluding steroid dienone is 1. The summed E-state index contributed by atoms with van der Waals surface area (Å²) in [7, 11) is 4.52. The zero-order valence-corrected chi connectivity index (χ0v) is 26.0. The Labute approximate surface area is 250 Å². The lowest BCUT2D eigenvalue weighted by atomic mass is 9.85. The van der Waals surface area contributed by atoms with Gasteiger partial charge in [-0.1, -0.05) is 58.1 Å². The van der Waals surface area contributed by atoms with Crippen LogP contribution >= 0.6 is 0 Å². The lowest BCUT2D eigenvalue weighted by Gasteiger charge is -2.35. The number of hydrogen-bond donors (Lipinski definition) is 1. The first kappa shape index (κ1) is 32.9. The Morgan fingerprint density at radius 3 is 2.40 bits per heavy atom. The second-order valence-electron chi connectivity index (χ2n) is 12.0. The van der Waals surface area contributed by atoms with Gasteiger partial charge in [0.2, 0.25) is 11.8 Å². The van der Waals surface area contributed by atoms with Crippen LogP contribution < -0.4 is 10.1 Å². The number of carbonyl (C=O) groups excluding carboxylic acids is 3. The van der Waals surface area contributed by atoms with Crippen molar-refractivity contribution < 1.29 is 28.6 Å². The number of amides is 2. The van der Waals surface area contributed by atoms with E-state index in [1.165, 1.54) is 12.0 Å². The largest absolute Gasteiger partial charge is 0.496 e. The van der Waals surface area contributed by atoms with E-state index >= 15 is 0 Å². The fraction of sp³-hybridized carbons (Fsp3) is 0.500. The van der Waals surface area contributed by atoms with Gasteiger partial charge in [-0.25, -0.2) is 4.79 Å². The smallest absolute Gasteiger partial charge is 0.328 e. The Kier molecular flexibility index (Phi) is 11.0. The summed E-state index contributed by atoms with van der Waals surface area (Å²) in [4.78, 5) is 41.7. The predicted molar refractivity (Wildman–Crippen MR) is 166 cm³/mol. The molecule has 1 aliphatic rings. The number of methoxy groups -OCH3 is 3. The minimum Gasteiger partial charge on any atom is -0.496 e. The Balaban J connectivity index is 1.95. The van der Waals surface area contributed by atoms with E-state index in [4.69, 9.17) is 14.2 Å². The summed E-state index contributed by atoms with van der Waals surface area (Å²) < 4.78 is 16.8. The van der Waals surface area contributed by atoms with Crippen LogP contribution in [0.25, 0.3) is 16.8 Å². The molecule has 1 heterocycles. The molecule has 2 amide bonds. The maximum atomic E-state index is 14.2. The molecule has 2 aromatic rings. The summed E-state index contributed by atoms with van der Waals surface area (Å²) in [5, 5.41) is 4.90. The van der Waals surface area contributed by atoms with Gasteiger partial charge >= 0.3 is 5.97 Å². The quantitative estimate of drug-likeness (QED) is 0.184. The van der Waals surface area contributed by atoms with Crippen LogP contribution in [0.2, 0.25) is 0 Å². The van der Waals surface area contributed by atoms with Crippen LogP contribution in [-0.4, -0.2) is 62.6 Å². The van der Waals surface area contributed by atoms with Crippen LogP contribution in [0, 0.1) is 5.41 Å². The maximum Gasteiger partial charge on any atom is 0.328 e. The van der Waals surface area contributed by atoms with Gasteiger partial charge in [0, 0.05) is 25.5 Å². The first-order chi connectivity index (χ1) is 19.9. The van der Waals surface area contributed by atoms with Crippen LogP contribution in [0.15, 0.2) is 49.6 Å². The third-order valence-electron chi connectivity index (χ3n) is 8.14. The molecule has 1 N–H and O–H groups in total. The number of likely N-dealkylation sites (tertiary alicyclic amines) is 1.